The summed E-state index contributed by atoms with van der Waals surface area (Å²) in [6, 6.07) is 1.18. The number of rotatable bonds is 2. The van der Waals surface area contributed by atoms with Crippen LogP contribution in [0.1, 0.15) is 5.69 Å². The van der Waals surface area contributed by atoms with Crippen LogP contribution in [0.3, 0.4) is 0 Å². The Morgan fingerprint density at radius 2 is 1.95 bits per heavy atom. The van der Waals surface area contributed by atoms with Crippen molar-refractivity contribution in [2.24, 2.45) is 0 Å². The molecule has 1 aromatic heterocycles. The lowest BCUT2D eigenvalue weighted by Gasteiger charge is -2.32. The molecule has 3 heterocycles. The summed E-state index contributed by atoms with van der Waals surface area (Å²) >= 11 is 0. The zero-order valence-corrected chi connectivity index (χ0v) is 11.7. The number of carbonyl (C=O) groups excluding carboxylic acids is 2. The van der Waals surface area contributed by atoms with Crippen LogP contribution in [0, 0.1) is 0 Å². The average molecular weight is 288 g/mol. The highest BCUT2D eigenvalue weighted by molar-refractivity contribution is 6.13. The van der Waals surface area contributed by atoms with Crippen molar-refractivity contribution >= 4 is 24.0 Å². The molecule has 2 aliphatic heterocycles. The Hall–Kier alpha value is -2.48. The Kier molecular flexibility index (Phi) is 3.53. The van der Waals surface area contributed by atoms with E-state index in [-0.39, 0.29) is 5.70 Å². The minimum atomic E-state index is -0.514. The predicted molar refractivity (Wildman–Crippen MR) is 76.4 cm³/mol. The van der Waals surface area contributed by atoms with Gasteiger partial charge in [0, 0.05) is 32.4 Å². The highest BCUT2D eigenvalue weighted by Gasteiger charge is 2.23. The minimum Gasteiger partial charge on any atom is -0.338 e. The topological polar surface area (TPSA) is 90.5 Å². The molecule has 8 heteroatoms. The molecule has 0 bridgehead atoms. The molecule has 0 saturated carbocycles. The van der Waals surface area contributed by atoms with Crippen molar-refractivity contribution in [2.75, 3.05) is 38.1 Å². The molecule has 2 saturated heterocycles. The fraction of sp³-hybridized carbons (Fsp3) is 0.385. The molecule has 0 unspecified atom stereocenters. The molecule has 3 amide bonds. The lowest BCUT2D eigenvalue weighted by molar-refractivity contribution is -0.115. The van der Waals surface area contributed by atoms with Crippen molar-refractivity contribution in [3.8, 4) is 0 Å². The lowest BCUT2D eigenvalue weighted by atomic mass is 10.3. The van der Waals surface area contributed by atoms with Gasteiger partial charge < -0.3 is 15.1 Å². The smallest absolute Gasteiger partial charge is 0.326 e. The van der Waals surface area contributed by atoms with Crippen LogP contribution in [0.4, 0.5) is 10.7 Å². The molecule has 0 spiro atoms. The van der Waals surface area contributed by atoms with Gasteiger partial charge in [0.15, 0.2) is 0 Å². The zero-order chi connectivity index (χ0) is 14.8. The van der Waals surface area contributed by atoms with E-state index in [0.29, 0.717) is 11.6 Å². The number of likely N-dealkylation sites (N-methyl/N-ethyl adjacent to an activating group) is 1. The number of piperazine rings is 1. The first-order valence-electron chi connectivity index (χ1n) is 6.72. The molecule has 2 aliphatic rings. The summed E-state index contributed by atoms with van der Waals surface area (Å²) in [6.45, 7) is 3.67. The largest absolute Gasteiger partial charge is 0.338 e. The van der Waals surface area contributed by atoms with Crippen molar-refractivity contribution in [1.82, 2.24) is 25.5 Å². The quantitative estimate of drug-likeness (QED) is 0.558. The van der Waals surface area contributed by atoms with Crippen LogP contribution in [0.5, 0.6) is 0 Å². The highest BCUT2D eigenvalue weighted by Crippen LogP contribution is 2.12. The maximum absolute atomic E-state index is 11.5. The normalized spacial score (nSPS) is 21.6. The van der Waals surface area contributed by atoms with Gasteiger partial charge in [-0.3, -0.25) is 10.1 Å². The standard InChI is InChI=1S/C13H16N6O2/c1-18-4-6-19(7-5-18)12-14-3-2-9(15-12)8-10-11(20)17-13(21)16-10/h2-3,8H,4-7H2,1H3,(H2,16,17,20,21)/b10-8-. The molecule has 0 atom stereocenters. The maximum atomic E-state index is 11.5. The van der Waals surface area contributed by atoms with Gasteiger partial charge in [0.25, 0.3) is 5.91 Å². The van der Waals surface area contributed by atoms with Crippen LogP contribution in [0.25, 0.3) is 6.08 Å². The third-order valence-electron chi connectivity index (χ3n) is 3.46. The molecule has 2 fully saturated rings. The average Bonchev–Trinajstić information content (AvgIpc) is 2.78. The number of anilines is 1. The van der Waals surface area contributed by atoms with Crippen molar-refractivity contribution in [1.29, 1.82) is 0 Å². The highest BCUT2D eigenvalue weighted by atomic mass is 16.2. The number of hydrogen-bond acceptors (Lipinski definition) is 6. The van der Waals surface area contributed by atoms with E-state index >= 15 is 0 Å². The Bertz CT molecular complexity index is 606. The van der Waals surface area contributed by atoms with Crippen molar-refractivity contribution in [3.05, 3.63) is 23.7 Å². The summed E-state index contributed by atoms with van der Waals surface area (Å²) in [4.78, 5) is 35.6. The monoisotopic (exact) mass is 288 g/mol. The first-order valence-corrected chi connectivity index (χ1v) is 6.72. The SMILES string of the molecule is CN1CCN(c2nccc(/C=C3\NC(=O)NC3=O)n2)CC1. The summed E-state index contributed by atoms with van der Waals surface area (Å²) in [6.07, 6.45) is 3.20. The Labute approximate surface area is 121 Å². The third-order valence-corrected chi connectivity index (χ3v) is 3.46. The van der Waals surface area contributed by atoms with Gasteiger partial charge in [-0.25, -0.2) is 14.8 Å². The molecular formula is C13H16N6O2. The maximum Gasteiger partial charge on any atom is 0.326 e. The molecule has 1 aromatic rings. The molecule has 110 valence electrons. The number of aromatic nitrogens is 2. The Balaban J connectivity index is 1.79. The van der Waals surface area contributed by atoms with E-state index in [0.717, 1.165) is 26.2 Å². The number of urea groups is 1. The van der Waals surface area contributed by atoms with Crippen molar-refractivity contribution in [3.63, 3.8) is 0 Å². The molecule has 0 aliphatic carbocycles. The number of nitrogens with zero attached hydrogens (tertiary/aromatic N) is 4. The van der Waals surface area contributed by atoms with Crippen molar-refractivity contribution in [2.45, 2.75) is 0 Å². The molecule has 2 N–H and O–H groups in total. The van der Waals surface area contributed by atoms with Gasteiger partial charge >= 0.3 is 6.03 Å². The summed E-state index contributed by atoms with van der Waals surface area (Å²) in [5.74, 6) is 0.196. The molecular weight excluding hydrogens is 272 g/mol. The molecule has 8 nitrogen and oxygen atoms in total. The van der Waals surface area contributed by atoms with Crippen LogP contribution in [-0.4, -0.2) is 60.0 Å². The second-order valence-electron chi connectivity index (χ2n) is 5.04. The van der Waals surface area contributed by atoms with Crippen LogP contribution in [0.15, 0.2) is 18.0 Å². The van der Waals surface area contributed by atoms with Crippen molar-refractivity contribution < 1.29 is 9.59 Å². The fourth-order valence-electron chi connectivity index (χ4n) is 2.23. The summed E-state index contributed by atoms with van der Waals surface area (Å²) in [7, 11) is 2.08. The van der Waals surface area contributed by atoms with E-state index in [1.165, 1.54) is 0 Å². The zero-order valence-electron chi connectivity index (χ0n) is 11.7. The number of amides is 3. The van der Waals surface area contributed by atoms with Gasteiger partial charge in [-0.1, -0.05) is 0 Å². The fourth-order valence-corrected chi connectivity index (χ4v) is 2.23. The van der Waals surface area contributed by atoms with Crippen LogP contribution >= 0.6 is 0 Å². The second kappa shape index (κ2) is 5.49. The van der Waals surface area contributed by atoms with Gasteiger partial charge in [0.1, 0.15) is 5.70 Å². The van der Waals surface area contributed by atoms with Gasteiger partial charge in [-0.05, 0) is 19.2 Å². The number of imide groups is 1. The Morgan fingerprint density at radius 1 is 1.19 bits per heavy atom. The summed E-state index contributed by atoms with van der Waals surface area (Å²) in [5.41, 5.74) is 0.786. The predicted octanol–water partition coefficient (Wildman–Crippen LogP) is -0.591. The Morgan fingerprint density at radius 3 is 2.62 bits per heavy atom. The van der Waals surface area contributed by atoms with Gasteiger partial charge in [-0.15, -0.1) is 0 Å². The van der Waals surface area contributed by atoms with E-state index < -0.39 is 11.9 Å². The van der Waals surface area contributed by atoms with Gasteiger partial charge in [-0.2, -0.15) is 0 Å². The van der Waals surface area contributed by atoms with Crippen LogP contribution in [0.2, 0.25) is 0 Å². The van der Waals surface area contributed by atoms with E-state index in [9.17, 15) is 9.59 Å². The lowest BCUT2D eigenvalue weighted by Crippen LogP contribution is -2.45. The first-order chi connectivity index (χ1) is 10.1. The van der Waals surface area contributed by atoms with Gasteiger partial charge in [0.2, 0.25) is 5.95 Å². The summed E-state index contributed by atoms with van der Waals surface area (Å²) < 4.78 is 0. The van der Waals surface area contributed by atoms with Crippen LogP contribution < -0.4 is 15.5 Å². The molecule has 3 rings (SSSR count). The minimum absolute atomic E-state index is 0.197. The van der Waals surface area contributed by atoms with E-state index in [1.807, 2.05) is 0 Å². The number of carbonyl (C=O) groups is 2. The van der Waals surface area contributed by atoms with E-state index in [1.54, 1.807) is 18.3 Å². The molecule has 0 radical (unpaired) electrons. The van der Waals surface area contributed by atoms with E-state index in [4.69, 9.17) is 0 Å². The second-order valence-corrected chi connectivity index (χ2v) is 5.04. The third kappa shape index (κ3) is 3.00. The molecule has 21 heavy (non-hydrogen) atoms. The summed E-state index contributed by atoms with van der Waals surface area (Å²) in [5, 5.41) is 4.59. The van der Waals surface area contributed by atoms with Crippen LogP contribution in [-0.2, 0) is 4.79 Å². The van der Waals surface area contributed by atoms with E-state index in [2.05, 4.69) is 37.4 Å². The number of hydrogen-bond donors (Lipinski definition) is 2. The van der Waals surface area contributed by atoms with Gasteiger partial charge in [0.05, 0.1) is 5.69 Å². The first kappa shape index (κ1) is 13.5. The number of nitrogens with one attached hydrogen (secondary N) is 2. The molecule has 0 aromatic carbocycles.